The molecule has 0 spiro atoms. The number of hydrogen-bond donors (Lipinski definition) is 2. The molecule has 1 aromatic rings. The highest BCUT2D eigenvalue weighted by molar-refractivity contribution is 9.11. The van der Waals surface area contributed by atoms with Crippen molar-refractivity contribution < 1.29 is 0 Å². The van der Waals surface area contributed by atoms with Gasteiger partial charge in [-0.1, -0.05) is 28.6 Å². The predicted octanol–water partition coefficient (Wildman–Crippen LogP) is 2.90. The highest BCUT2D eigenvalue weighted by atomic mass is 79.9. The Morgan fingerprint density at radius 1 is 1.62 bits per heavy atom. The van der Waals surface area contributed by atoms with Crippen LogP contribution in [0.1, 0.15) is 5.56 Å². The number of nitrogens with two attached hydrogens (primary N) is 1. The smallest absolute Gasteiger partial charge is 0.0460 e. The van der Waals surface area contributed by atoms with Crippen LogP contribution < -0.4 is 11.1 Å². The van der Waals surface area contributed by atoms with Crippen molar-refractivity contribution >= 4 is 27.3 Å². The highest BCUT2D eigenvalue weighted by Crippen LogP contribution is 2.18. The second-order valence-corrected chi connectivity index (χ2v) is 4.07. The normalized spacial score (nSPS) is 9.69. The Morgan fingerprint density at radius 2 is 2.31 bits per heavy atom. The Morgan fingerprint density at radius 3 is 2.92 bits per heavy atom. The Hall–Kier alpha value is -0.960. The molecule has 0 atom stereocenters. The monoisotopic (exact) mass is 240 g/mol. The largest absolute Gasteiger partial charge is 0.399 e. The molecule has 0 fully saturated rings. The van der Waals surface area contributed by atoms with E-state index in [0.717, 1.165) is 15.9 Å². The Balaban J connectivity index is 2.75. The lowest BCUT2D eigenvalue weighted by Crippen LogP contribution is -2.02. The predicted molar refractivity (Wildman–Crippen MR) is 62.1 cm³/mol. The summed E-state index contributed by atoms with van der Waals surface area (Å²) in [5, 5.41) is 3.23. The van der Waals surface area contributed by atoms with E-state index in [-0.39, 0.29) is 0 Å². The van der Waals surface area contributed by atoms with Gasteiger partial charge in [0.25, 0.3) is 0 Å². The van der Waals surface area contributed by atoms with Crippen molar-refractivity contribution in [3.8, 4) is 0 Å². The molecular weight excluding hydrogens is 228 g/mol. The zero-order chi connectivity index (χ0) is 9.84. The number of anilines is 2. The van der Waals surface area contributed by atoms with Gasteiger partial charge in [-0.25, -0.2) is 0 Å². The van der Waals surface area contributed by atoms with E-state index in [9.17, 15) is 0 Å². The molecule has 1 aromatic carbocycles. The topological polar surface area (TPSA) is 38.0 Å². The summed E-state index contributed by atoms with van der Waals surface area (Å²) in [7, 11) is 0. The van der Waals surface area contributed by atoms with Gasteiger partial charge in [-0.2, -0.15) is 0 Å². The fraction of sp³-hybridized carbons (Fsp3) is 0.200. The quantitative estimate of drug-likeness (QED) is 0.798. The standard InChI is InChI=1S/C10H13BrN2/c1-7-3-4-9(12)5-10(7)13-6-8(2)11/h3-5,13H,2,6,12H2,1H3. The van der Waals surface area contributed by atoms with Crippen LogP contribution in [0.5, 0.6) is 0 Å². The van der Waals surface area contributed by atoms with Gasteiger partial charge in [-0.3, -0.25) is 0 Å². The summed E-state index contributed by atoms with van der Waals surface area (Å²) >= 11 is 3.29. The van der Waals surface area contributed by atoms with Gasteiger partial charge in [0.15, 0.2) is 0 Å². The van der Waals surface area contributed by atoms with Crippen LogP contribution in [0.2, 0.25) is 0 Å². The minimum Gasteiger partial charge on any atom is -0.399 e. The molecule has 0 heterocycles. The molecule has 0 saturated carbocycles. The van der Waals surface area contributed by atoms with Gasteiger partial charge in [-0.15, -0.1) is 0 Å². The van der Waals surface area contributed by atoms with Crippen LogP contribution in [0, 0.1) is 6.92 Å². The average Bonchev–Trinajstić information content (AvgIpc) is 2.06. The minimum absolute atomic E-state index is 0.713. The molecule has 13 heavy (non-hydrogen) atoms. The molecule has 70 valence electrons. The van der Waals surface area contributed by atoms with Crippen molar-refractivity contribution in [2.75, 3.05) is 17.6 Å². The van der Waals surface area contributed by atoms with Crippen LogP contribution in [-0.2, 0) is 0 Å². The lowest BCUT2D eigenvalue weighted by atomic mass is 10.2. The number of benzene rings is 1. The van der Waals surface area contributed by atoms with E-state index >= 15 is 0 Å². The molecule has 3 N–H and O–H groups in total. The maximum atomic E-state index is 5.66. The van der Waals surface area contributed by atoms with E-state index in [0.29, 0.717) is 6.54 Å². The van der Waals surface area contributed by atoms with Gasteiger partial charge in [0, 0.05) is 22.4 Å². The van der Waals surface area contributed by atoms with Gasteiger partial charge in [0.2, 0.25) is 0 Å². The van der Waals surface area contributed by atoms with Crippen molar-refractivity contribution in [3.05, 3.63) is 34.8 Å². The van der Waals surface area contributed by atoms with Crippen molar-refractivity contribution in [1.29, 1.82) is 0 Å². The fourth-order valence-corrected chi connectivity index (χ4v) is 1.16. The third-order valence-corrected chi connectivity index (χ3v) is 2.01. The number of halogens is 1. The van der Waals surface area contributed by atoms with E-state index in [1.807, 2.05) is 25.1 Å². The third-order valence-electron chi connectivity index (χ3n) is 1.73. The van der Waals surface area contributed by atoms with Gasteiger partial charge in [-0.05, 0) is 24.6 Å². The Labute approximate surface area is 87.0 Å². The fourth-order valence-electron chi connectivity index (χ4n) is 1.02. The molecule has 2 nitrogen and oxygen atoms in total. The number of hydrogen-bond acceptors (Lipinski definition) is 2. The van der Waals surface area contributed by atoms with E-state index in [1.165, 1.54) is 5.56 Å². The van der Waals surface area contributed by atoms with Crippen LogP contribution in [-0.4, -0.2) is 6.54 Å². The van der Waals surface area contributed by atoms with Crippen molar-refractivity contribution in [3.63, 3.8) is 0 Å². The van der Waals surface area contributed by atoms with Crippen molar-refractivity contribution in [2.45, 2.75) is 6.92 Å². The first kappa shape index (κ1) is 10.1. The second-order valence-electron chi connectivity index (χ2n) is 2.95. The first-order valence-corrected chi connectivity index (χ1v) is 4.82. The van der Waals surface area contributed by atoms with Crippen molar-refractivity contribution in [1.82, 2.24) is 0 Å². The molecule has 0 radical (unpaired) electrons. The molecule has 1 rings (SSSR count). The number of nitrogens with one attached hydrogen (secondary N) is 1. The lowest BCUT2D eigenvalue weighted by molar-refractivity contribution is 1.30. The first-order chi connectivity index (χ1) is 6.09. The van der Waals surface area contributed by atoms with Crippen LogP contribution in [0.25, 0.3) is 0 Å². The van der Waals surface area contributed by atoms with Crippen LogP contribution in [0.3, 0.4) is 0 Å². The molecular formula is C10H13BrN2. The summed E-state index contributed by atoms with van der Waals surface area (Å²) in [6.07, 6.45) is 0. The number of nitrogen functional groups attached to an aromatic ring is 1. The molecule has 0 unspecified atom stereocenters. The summed E-state index contributed by atoms with van der Waals surface area (Å²) < 4.78 is 0.925. The number of rotatable bonds is 3. The summed E-state index contributed by atoms with van der Waals surface area (Å²) in [4.78, 5) is 0. The van der Waals surface area contributed by atoms with Gasteiger partial charge < -0.3 is 11.1 Å². The van der Waals surface area contributed by atoms with Gasteiger partial charge in [0.05, 0.1) is 0 Å². The van der Waals surface area contributed by atoms with Crippen LogP contribution in [0.15, 0.2) is 29.3 Å². The molecule has 0 amide bonds. The van der Waals surface area contributed by atoms with Crippen LogP contribution >= 0.6 is 15.9 Å². The first-order valence-electron chi connectivity index (χ1n) is 4.03. The third kappa shape index (κ3) is 3.11. The number of aryl methyl sites for hydroxylation is 1. The Kier molecular flexibility index (Phi) is 3.37. The van der Waals surface area contributed by atoms with E-state index in [4.69, 9.17) is 5.73 Å². The van der Waals surface area contributed by atoms with E-state index in [2.05, 4.69) is 27.8 Å². The summed E-state index contributed by atoms with van der Waals surface area (Å²) in [6, 6.07) is 5.81. The molecule has 0 aliphatic carbocycles. The summed E-state index contributed by atoms with van der Waals surface area (Å²) in [5.74, 6) is 0. The lowest BCUT2D eigenvalue weighted by Gasteiger charge is -2.09. The summed E-state index contributed by atoms with van der Waals surface area (Å²) in [6.45, 7) is 6.50. The summed E-state index contributed by atoms with van der Waals surface area (Å²) in [5.41, 5.74) is 8.67. The highest BCUT2D eigenvalue weighted by Gasteiger charge is 1.97. The van der Waals surface area contributed by atoms with Gasteiger partial charge >= 0.3 is 0 Å². The average molecular weight is 241 g/mol. The maximum Gasteiger partial charge on any atom is 0.0460 e. The minimum atomic E-state index is 0.713. The second kappa shape index (κ2) is 4.33. The van der Waals surface area contributed by atoms with Crippen molar-refractivity contribution in [2.24, 2.45) is 0 Å². The Bertz CT molecular complexity index is 321. The molecule has 3 heteroatoms. The van der Waals surface area contributed by atoms with Crippen LogP contribution in [0.4, 0.5) is 11.4 Å². The molecule has 0 aromatic heterocycles. The zero-order valence-corrected chi connectivity index (χ0v) is 9.19. The zero-order valence-electron chi connectivity index (χ0n) is 7.60. The SMILES string of the molecule is C=C(Br)CNc1cc(N)ccc1C. The molecule has 0 aliphatic rings. The maximum absolute atomic E-state index is 5.66. The van der Waals surface area contributed by atoms with Gasteiger partial charge in [0.1, 0.15) is 0 Å². The molecule has 0 bridgehead atoms. The molecule has 0 saturated heterocycles. The van der Waals surface area contributed by atoms with E-state index < -0.39 is 0 Å². The molecule has 0 aliphatic heterocycles. The van der Waals surface area contributed by atoms with E-state index in [1.54, 1.807) is 0 Å².